The second kappa shape index (κ2) is 4.57. The first-order valence-electron chi connectivity index (χ1n) is 4.10. The molecule has 0 N–H and O–H groups in total. The number of hydrogen-bond donors (Lipinski definition) is 0. The summed E-state index contributed by atoms with van der Waals surface area (Å²) in [6.45, 7) is 0. The first-order chi connectivity index (χ1) is 7.57. The van der Waals surface area contributed by atoms with Crippen LogP contribution in [0.25, 0.3) is 0 Å². The van der Waals surface area contributed by atoms with Crippen LogP contribution in [0.4, 0.5) is 26.3 Å². The zero-order chi connectivity index (χ0) is 13.4. The summed E-state index contributed by atoms with van der Waals surface area (Å²) in [6.07, 6.45) is -10.2. The fourth-order valence-corrected chi connectivity index (χ4v) is 1.71. The van der Waals surface area contributed by atoms with E-state index in [-0.39, 0.29) is 11.6 Å². The monoisotopic (exact) mass is 296 g/mol. The molecule has 0 aliphatic carbocycles. The average molecular weight is 297 g/mol. The third-order valence-electron chi connectivity index (χ3n) is 1.94. The van der Waals surface area contributed by atoms with E-state index in [9.17, 15) is 26.3 Å². The van der Waals surface area contributed by atoms with Crippen molar-refractivity contribution in [1.82, 2.24) is 0 Å². The molecule has 0 aliphatic rings. The predicted octanol–water partition coefficient (Wildman–Crippen LogP) is 5.12. The lowest BCUT2D eigenvalue weighted by molar-refractivity contribution is -0.162. The van der Waals surface area contributed by atoms with Crippen LogP contribution in [0.3, 0.4) is 0 Å². The maximum absolute atomic E-state index is 12.4. The molecule has 0 aliphatic heterocycles. The average Bonchev–Trinajstić information content (AvgIpc) is 2.14. The van der Waals surface area contributed by atoms with Crippen LogP contribution in [-0.4, -0.2) is 0 Å². The Kier molecular flexibility index (Phi) is 3.88. The summed E-state index contributed by atoms with van der Waals surface area (Å²) in [7, 11) is 0. The van der Waals surface area contributed by atoms with Gasteiger partial charge in [-0.15, -0.1) is 11.6 Å². The zero-order valence-electron chi connectivity index (χ0n) is 7.89. The normalized spacial score (nSPS) is 12.9. The van der Waals surface area contributed by atoms with Crippen molar-refractivity contribution < 1.29 is 26.3 Å². The van der Waals surface area contributed by atoms with Crippen molar-refractivity contribution in [3.8, 4) is 0 Å². The van der Waals surface area contributed by atoms with Crippen LogP contribution in [0.2, 0.25) is 5.02 Å². The maximum Gasteiger partial charge on any atom is 0.417 e. The van der Waals surface area contributed by atoms with E-state index in [1.165, 1.54) is 0 Å². The Morgan fingerprint density at radius 1 is 0.882 bits per heavy atom. The molecule has 8 heteroatoms. The number of benzene rings is 1. The van der Waals surface area contributed by atoms with Crippen LogP contribution >= 0.6 is 23.2 Å². The lowest BCUT2D eigenvalue weighted by atomic mass is 10.0. The van der Waals surface area contributed by atoms with Gasteiger partial charge in [-0.3, -0.25) is 0 Å². The Bertz CT molecular complexity index is 421. The van der Waals surface area contributed by atoms with Gasteiger partial charge < -0.3 is 0 Å². The highest BCUT2D eigenvalue weighted by Gasteiger charge is 2.43. The van der Waals surface area contributed by atoms with Gasteiger partial charge >= 0.3 is 12.4 Å². The molecule has 1 aromatic rings. The summed E-state index contributed by atoms with van der Waals surface area (Å²) in [4.78, 5) is 0. The molecule has 0 aromatic heterocycles. The zero-order valence-corrected chi connectivity index (χ0v) is 9.40. The van der Waals surface area contributed by atoms with Crippen LogP contribution < -0.4 is 0 Å². The van der Waals surface area contributed by atoms with Gasteiger partial charge in [0.05, 0.1) is 11.1 Å². The minimum Gasteiger partial charge on any atom is -0.166 e. The molecule has 0 bridgehead atoms. The number of halogens is 8. The molecule has 0 nitrogen and oxygen atoms in total. The largest absolute Gasteiger partial charge is 0.417 e. The third-order valence-corrected chi connectivity index (χ3v) is 2.58. The molecule has 0 amide bonds. The van der Waals surface area contributed by atoms with Gasteiger partial charge in [-0.2, -0.15) is 26.3 Å². The molecule has 0 saturated heterocycles. The molecular formula is C9H4Cl2F6. The molecule has 0 unspecified atom stereocenters. The summed E-state index contributed by atoms with van der Waals surface area (Å²) < 4.78 is 74.5. The first-order valence-corrected chi connectivity index (χ1v) is 5.01. The fraction of sp³-hybridized carbons (Fsp3) is 0.333. The van der Waals surface area contributed by atoms with E-state index in [0.717, 1.165) is 0 Å². The molecule has 0 atom stereocenters. The Balaban J connectivity index is 3.54. The minimum absolute atomic E-state index is 0.200. The van der Waals surface area contributed by atoms with Gasteiger partial charge in [0.2, 0.25) is 0 Å². The quantitative estimate of drug-likeness (QED) is 0.499. The topological polar surface area (TPSA) is 0 Å². The summed E-state index contributed by atoms with van der Waals surface area (Å²) >= 11 is 10.7. The van der Waals surface area contributed by atoms with Crippen LogP contribution in [0.1, 0.15) is 16.7 Å². The first kappa shape index (κ1) is 14.4. The van der Waals surface area contributed by atoms with Crippen LogP contribution in [0.15, 0.2) is 12.1 Å². The highest BCUT2D eigenvalue weighted by atomic mass is 35.5. The minimum atomic E-state index is -5.13. The van der Waals surface area contributed by atoms with Gasteiger partial charge in [-0.1, -0.05) is 11.6 Å². The molecule has 0 radical (unpaired) electrons. The van der Waals surface area contributed by atoms with Crippen molar-refractivity contribution in [2.45, 2.75) is 18.2 Å². The Morgan fingerprint density at radius 3 is 1.65 bits per heavy atom. The molecule has 0 spiro atoms. The van der Waals surface area contributed by atoms with E-state index in [1.54, 1.807) is 0 Å². The highest BCUT2D eigenvalue weighted by Crippen LogP contribution is 2.42. The smallest absolute Gasteiger partial charge is 0.166 e. The van der Waals surface area contributed by atoms with Crippen LogP contribution in [-0.2, 0) is 18.2 Å². The molecule has 1 rings (SSSR count). The van der Waals surface area contributed by atoms with Gasteiger partial charge in [-0.25, -0.2) is 0 Å². The standard InChI is InChI=1S/C9H4Cl2F6/c10-3-4-1-5(8(12,13)14)6(2-7(4)11)9(15,16)17/h1-2H,3H2. The molecule has 0 saturated carbocycles. The maximum atomic E-state index is 12.4. The van der Waals surface area contributed by atoms with Gasteiger partial charge in [0.1, 0.15) is 0 Å². The van der Waals surface area contributed by atoms with Gasteiger partial charge in [0.25, 0.3) is 0 Å². The van der Waals surface area contributed by atoms with E-state index in [2.05, 4.69) is 0 Å². The van der Waals surface area contributed by atoms with Crippen LogP contribution in [0.5, 0.6) is 0 Å². The van der Waals surface area contributed by atoms with Crippen molar-refractivity contribution in [2.75, 3.05) is 0 Å². The number of alkyl halides is 7. The lowest BCUT2D eigenvalue weighted by Crippen LogP contribution is -2.17. The van der Waals surface area contributed by atoms with Crippen molar-refractivity contribution >= 4 is 23.2 Å². The number of hydrogen-bond acceptors (Lipinski definition) is 0. The molecular weight excluding hydrogens is 293 g/mol. The SMILES string of the molecule is FC(F)(F)c1cc(Cl)c(CCl)cc1C(F)(F)F. The van der Waals surface area contributed by atoms with Crippen molar-refractivity contribution in [2.24, 2.45) is 0 Å². The Morgan fingerprint density at radius 2 is 1.29 bits per heavy atom. The molecule has 96 valence electrons. The van der Waals surface area contributed by atoms with E-state index in [4.69, 9.17) is 23.2 Å². The Labute approximate surface area is 102 Å². The lowest BCUT2D eigenvalue weighted by Gasteiger charge is -2.17. The molecule has 1 aromatic carbocycles. The second-order valence-electron chi connectivity index (χ2n) is 3.12. The predicted molar refractivity (Wildman–Crippen MR) is 51.0 cm³/mol. The summed E-state index contributed by atoms with van der Waals surface area (Å²) in [5, 5.41) is -0.444. The Hall–Kier alpha value is -0.620. The van der Waals surface area contributed by atoms with Gasteiger partial charge in [-0.05, 0) is 17.7 Å². The van der Waals surface area contributed by atoms with Gasteiger partial charge in [0, 0.05) is 10.9 Å². The summed E-state index contributed by atoms with van der Waals surface area (Å²) in [5.41, 5.74) is -3.80. The summed E-state index contributed by atoms with van der Waals surface area (Å²) in [6, 6.07) is 0.556. The van der Waals surface area contributed by atoms with E-state index in [1.807, 2.05) is 0 Å². The molecule has 0 heterocycles. The van der Waals surface area contributed by atoms with Gasteiger partial charge in [0.15, 0.2) is 0 Å². The van der Waals surface area contributed by atoms with E-state index in [0.29, 0.717) is 6.07 Å². The van der Waals surface area contributed by atoms with Crippen molar-refractivity contribution in [3.63, 3.8) is 0 Å². The summed E-state index contributed by atoms with van der Waals surface area (Å²) in [5.74, 6) is -0.403. The van der Waals surface area contributed by atoms with E-state index >= 15 is 0 Å². The third kappa shape index (κ3) is 3.19. The van der Waals surface area contributed by atoms with E-state index < -0.39 is 34.4 Å². The number of rotatable bonds is 1. The van der Waals surface area contributed by atoms with Crippen molar-refractivity contribution in [3.05, 3.63) is 33.8 Å². The highest BCUT2D eigenvalue weighted by molar-refractivity contribution is 6.32. The molecule has 17 heavy (non-hydrogen) atoms. The molecule has 0 fully saturated rings. The van der Waals surface area contributed by atoms with Crippen LogP contribution in [0, 0.1) is 0 Å². The second-order valence-corrected chi connectivity index (χ2v) is 3.79. The fourth-order valence-electron chi connectivity index (χ4n) is 1.19. The van der Waals surface area contributed by atoms with Crippen molar-refractivity contribution in [1.29, 1.82) is 0 Å².